The SMILES string of the molecule is COc1cc(F)c(C(O)C(O)CNC(=O)OCC2c3ccccc3-c3ccccc32)cc1OC. The fourth-order valence-electron chi connectivity index (χ4n) is 4.25. The molecule has 0 saturated heterocycles. The predicted molar refractivity (Wildman–Crippen MR) is 124 cm³/mol. The number of alkyl carbamates (subject to hydrolysis) is 1. The number of halogens is 1. The molecule has 3 aromatic rings. The van der Waals surface area contributed by atoms with Crippen LogP contribution in [-0.4, -0.2) is 49.8 Å². The fraction of sp³-hybridized carbons (Fsp3) is 0.269. The second kappa shape index (κ2) is 10.1. The molecule has 8 heteroatoms. The van der Waals surface area contributed by atoms with E-state index in [1.807, 2.05) is 48.5 Å². The maximum absolute atomic E-state index is 14.4. The number of hydrogen-bond acceptors (Lipinski definition) is 6. The van der Waals surface area contributed by atoms with Gasteiger partial charge in [-0.25, -0.2) is 9.18 Å². The van der Waals surface area contributed by atoms with E-state index in [1.54, 1.807) is 0 Å². The van der Waals surface area contributed by atoms with Crippen LogP contribution in [0.3, 0.4) is 0 Å². The zero-order chi connectivity index (χ0) is 24.2. The topological polar surface area (TPSA) is 97.2 Å². The van der Waals surface area contributed by atoms with Gasteiger partial charge in [-0.15, -0.1) is 0 Å². The minimum atomic E-state index is -1.60. The molecule has 0 aromatic heterocycles. The van der Waals surface area contributed by atoms with Gasteiger partial charge in [0.1, 0.15) is 24.6 Å². The lowest BCUT2D eigenvalue weighted by molar-refractivity contribution is 0.0164. The van der Waals surface area contributed by atoms with Gasteiger partial charge in [-0.05, 0) is 28.3 Å². The quantitative estimate of drug-likeness (QED) is 0.467. The Morgan fingerprint density at radius 1 is 0.971 bits per heavy atom. The largest absolute Gasteiger partial charge is 0.493 e. The molecule has 3 N–H and O–H groups in total. The van der Waals surface area contributed by atoms with Crippen molar-refractivity contribution in [3.8, 4) is 22.6 Å². The fourth-order valence-corrected chi connectivity index (χ4v) is 4.25. The smallest absolute Gasteiger partial charge is 0.407 e. The Hall–Kier alpha value is -3.62. The van der Waals surface area contributed by atoms with Crippen molar-refractivity contribution >= 4 is 6.09 Å². The van der Waals surface area contributed by atoms with Crippen molar-refractivity contribution in [2.24, 2.45) is 0 Å². The van der Waals surface area contributed by atoms with Crippen LogP contribution in [0.1, 0.15) is 28.7 Å². The van der Waals surface area contributed by atoms with Crippen molar-refractivity contribution in [1.82, 2.24) is 5.32 Å². The maximum atomic E-state index is 14.4. The molecule has 1 aliphatic rings. The number of carbonyl (C=O) groups excluding carboxylic acids is 1. The number of carbonyl (C=O) groups is 1. The van der Waals surface area contributed by atoms with Gasteiger partial charge in [0.05, 0.1) is 14.2 Å². The molecule has 0 bridgehead atoms. The van der Waals surface area contributed by atoms with Gasteiger partial charge in [-0.3, -0.25) is 0 Å². The van der Waals surface area contributed by atoms with Crippen LogP contribution in [0.2, 0.25) is 0 Å². The lowest BCUT2D eigenvalue weighted by Gasteiger charge is -2.21. The molecule has 7 nitrogen and oxygen atoms in total. The van der Waals surface area contributed by atoms with E-state index in [1.165, 1.54) is 20.3 Å². The van der Waals surface area contributed by atoms with E-state index in [0.29, 0.717) is 0 Å². The highest BCUT2D eigenvalue weighted by Crippen LogP contribution is 2.44. The lowest BCUT2D eigenvalue weighted by atomic mass is 9.98. The number of methoxy groups -OCH3 is 2. The number of aliphatic hydroxyl groups excluding tert-OH is 2. The van der Waals surface area contributed by atoms with Crippen LogP contribution in [0.15, 0.2) is 60.7 Å². The zero-order valence-corrected chi connectivity index (χ0v) is 18.8. The first kappa shape index (κ1) is 23.5. The Kier molecular flexibility index (Phi) is 7.00. The highest BCUT2D eigenvalue weighted by atomic mass is 19.1. The number of nitrogens with one attached hydrogen (secondary N) is 1. The normalized spacial score (nSPS) is 14.0. The summed E-state index contributed by atoms with van der Waals surface area (Å²) in [4.78, 5) is 12.3. The molecule has 178 valence electrons. The van der Waals surface area contributed by atoms with Crippen molar-refractivity contribution in [1.29, 1.82) is 0 Å². The van der Waals surface area contributed by atoms with Crippen molar-refractivity contribution < 1.29 is 33.6 Å². The lowest BCUT2D eigenvalue weighted by Crippen LogP contribution is -2.36. The Bertz CT molecular complexity index is 1140. The third kappa shape index (κ3) is 4.55. The van der Waals surface area contributed by atoms with E-state index in [4.69, 9.17) is 14.2 Å². The molecule has 1 amide bonds. The minimum Gasteiger partial charge on any atom is -0.493 e. The van der Waals surface area contributed by atoms with Crippen molar-refractivity contribution in [2.75, 3.05) is 27.4 Å². The zero-order valence-electron chi connectivity index (χ0n) is 18.8. The molecule has 2 unspecified atom stereocenters. The van der Waals surface area contributed by atoms with E-state index in [2.05, 4.69) is 5.32 Å². The average Bonchev–Trinajstić information content (AvgIpc) is 3.19. The van der Waals surface area contributed by atoms with E-state index >= 15 is 0 Å². The average molecular weight is 467 g/mol. The van der Waals surface area contributed by atoms with Crippen LogP contribution in [0.4, 0.5) is 9.18 Å². The van der Waals surface area contributed by atoms with Gasteiger partial charge in [-0.1, -0.05) is 48.5 Å². The molecular weight excluding hydrogens is 441 g/mol. The van der Waals surface area contributed by atoms with Gasteiger partial charge >= 0.3 is 6.09 Å². The Morgan fingerprint density at radius 2 is 1.53 bits per heavy atom. The third-order valence-corrected chi connectivity index (χ3v) is 5.99. The predicted octanol–water partition coefficient (Wildman–Crippen LogP) is 3.78. The number of rotatable bonds is 8. The molecule has 4 rings (SSSR count). The molecule has 1 aliphatic carbocycles. The summed E-state index contributed by atoms with van der Waals surface area (Å²) in [5, 5.41) is 23.2. The summed E-state index contributed by atoms with van der Waals surface area (Å²) in [6.07, 6.45) is -3.83. The van der Waals surface area contributed by atoms with E-state index in [9.17, 15) is 19.4 Å². The Labute approximate surface area is 196 Å². The number of aliphatic hydroxyl groups is 2. The summed E-state index contributed by atoms with van der Waals surface area (Å²) in [6.45, 7) is -0.228. The van der Waals surface area contributed by atoms with E-state index in [0.717, 1.165) is 28.3 Å². The highest BCUT2D eigenvalue weighted by Gasteiger charge is 2.29. The first-order chi connectivity index (χ1) is 16.4. The highest BCUT2D eigenvalue weighted by molar-refractivity contribution is 5.79. The molecular formula is C26H26FNO6. The number of hydrogen-bond donors (Lipinski definition) is 3. The standard InChI is InChI=1S/C26H26FNO6/c1-32-23-11-19(21(27)12-24(23)33-2)25(30)22(29)13-28-26(31)34-14-20-17-9-5-3-7-15(17)16-8-4-6-10-18(16)20/h3-12,20,22,25,29-30H,13-14H2,1-2H3,(H,28,31). The van der Waals surface area contributed by atoms with Gasteiger partial charge in [0.15, 0.2) is 11.5 Å². The van der Waals surface area contributed by atoms with Gasteiger partial charge < -0.3 is 29.7 Å². The first-order valence-corrected chi connectivity index (χ1v) is 10.8. The summed E-state index contributed by atoms with van der Waals surface area (Å²) in [5.41, 5.74) is 4.21. The van der Waals surface area contributed by atoms with Crippen LogP contribution >= 0.6 is 0 Å². The molecule has 34 heavy (non-hydrogen) atoms. The number of benzene rings is 3. The van der Waals surface area contributed by atoms with Crippen LogP contribution in [0.25, 0.3) is 11.1 Å². The van der Waals surface area contributed by atoms with Crippen LogP contribution in [0, 0.1) is 5.82 Å². The number of amides is 1. The van der Waals surface area contributed by atoms with Crippen molar-refractivity contribution in [3.63, 3.8) is 0 Å². The van der Waals surface area contributed by atoms with Gasteiger partial charge in [0.25, 0.3) is 0 Å². The first-order valence-electron chi connectivity index (χ1n) is 10.8. The van der Waals surface area contributed by atoms with Gasteiger partial charge in [0.2, 0.25) is 0 Å². The van der Waals surface area contributed by atoms with E-state index < -0.39 is 24.1 Å². The summed E-state index contributed by atoms with van der Waals surface area (Å²) < 4.78 is 29.9. The van der Waals surface area contributed by atoms with Crippen molar-refractivity contribution in [2.45, 2.75) is 18.1 Å². The Morgan fingerprint density at radius 3 is 2.12 bits per heavy atom. The Balaban J connectivity index is 1.36. The second-order valence-corrected chi connectivity index (χ2v) is 7.95. The molecule has 0 aliphatic heterocycles. The van der Waals surface area contributed by atoms with Crippen LogP contribution < -0.4 is 14.8 Å². The number of fused-ring (bicyclic) bond motifs is 3. The number of ether oxygens (including phenoxy) is 3. The van der Waals surface area contributed by atoms with E-state index in [-0.39, 0.29) is 36.1 Å². The molecule has 0 heterocycles. The third-order valence-electron chi connectivity index (χ3n) is 5.99. The van der Waals surface area contributed by atoms with Gasteiger partial charge in [0, 0.05) is 24.1 Å². The van der Waals surface area contributed by atoms with Crippen LogP contribution in [0.5, 0.6) is 11.5 Å². The molecule has 3 aromatic carbocycles. The summed E-state index contributed by atoms with van der Waals surface area (Å²) >= 11 is 0. The van der Waals surface area contributed by atoms with Crippen molar-refractivity contribution in [3.05, 3.63) is 83.2 Å². The molecule has 0 fully saturated rings. The molecule has 0 radical (unpaired) electrons. The minimum absolute atomic E-state index is 0.102. The van der Waals surface area contributed by atoms with Crippen LogP contribution in [-0.2, 0) is 4.74 Å². The molecule has 0 saturated carbocycles. The summed E-state index contributed by atoms with van der Waals surface area (Å²) in [7, 11) is 2.74. The molecule has 0 spiro atoms. The summed E-state index contributed by atoms with van der Waals surface area (Å²) in [5.74, 6) is -0.517. The summed E-state index contributed by atoms with van der Waals surface area (Å²) in [6, 6.07) is 18.2. The van der Waals surface area contributed by atoms with Gasteiger partial charge in [-0.2, -0.15) is 0 Å². The second-order valence-electron chi connectivity index (χ2n) is 7.95. The monoisotopic (exact) mass is 467 g/mol. The maximum Gasteiger partial charge on any atom is 0.407 e. The molecule has 2 atom stereocenters.